The maximum atomic E-state index is 12.0. The van der Waals surface area contributed by atoms with Crippen molar-refractivity contribution in [2.75, 3.05) is 13.1 Å². The normalized spacial score (nSPS) is 13.0. The minimum Gasteiger partial charge on any atom is -0.489 e. The van der Waals surface area contributed by atoms with Crippen molar-refractivity contribution in [3.05, 3.63) is 24.3 Å². The van der Waals surface area contributed by atoms with E-state index in [-0.39, 0.29) is 11.9 Å². The van der Waals surface area contributed by atoms with Crippen molar-refractivity contribution in [1.82, 2.24) is 5.32 Å². The van der Waals surface area contributed by atoms with Gasteiger partial charge in [0.1, 0.15) is 17.6 Å². The summed E-state index contributed by atoms with van der Waals surface area (Å²) >= 11 is 0. The lowest BCUT2D eigenvalue weighted by molar-refractivity contribution is -0.274. The van der Waals surface area contributed by atoms with Gasteiger partial charge in [-0.3, -0.25) is 0 Å². The van der Waals surface area contributed by atoms with E-state index in [1.807, 2.05) is 6.92 Å². The highest BCUT2D eigenvalue weighted by Gasteiger charge is 2.30. The molecule has 1 atom stereocenters. The first-order valence-corrected chi connectivity index (χ1v) is 7.14. The molecule has 0 saturated heterocycles. The van der Waals surface area contributed by atoms with Gasteiger partial charge in [0, 0.05) is 6.54 Å². The van der Waals surface area contributed by atoms with E-state index in [1.165, 1.54) is 37.1 Å². The second kappa shape index (κ2) is 8.77. The minimum absolute atomic E-state index is 0.0546. The van der Waals surface area contributed by atoms with Crippen molar-refractivity contribution in [3.8, 4) is 11.5 Å². The number of rotatable bonds is 9. The Hall–Kier alpha value is -1.43. The van der Waals surface area contributed by atoms with Crippen molar-refractivity contribution in [2.45, 2.75) is 45.6 Å². The molecule has 0 aliphatic heterocycles. The van der Waals surface area contributed by atoms with Crippen molar-refractivity contribution in [2.24, 2.45) is 0 Å². The molecule has 0 fully saturated rings. The van der Waals surface area contributed by atoms with Crippen molar-refractivity contribution < 1.29 is 22.6 Å². The summed E-state index contributed by atoms with van der Waals surface area (Å²) < 4.78 is 45.5. The van der Waals surface area contributed by atoms with E-state index in [1.54, 1.807) is 0 Å². The van der Waals surface area contributed by atoms with Gasteiger partial charge in [-0.25, -0.2) is 0 Å². The summed E-state index contributed by atoms with van der Waals surface area (Å²) in [4.78, 5) is 0. The Labute approximate surface area is 123 Å². The highest BCUT2D eigenvalue weighted by molar-refractivity contribution is 5.31. The monoisotopic (exact) mass is 305 g/mol. The molecule has 1 rings (SSSR count). The van der Waals surface area contributed by atoms with Crippen LogP contribution in [0.4, 0.5) is 13.2 Å². The molecule has 21 heavy (non-hydrogen) atoms. The number of halogens is 3. The van der Waals surface area contributed by atoms with Crippen molar-refractivity contribution >= 4 is 0 Å². The fourth-order valence-corrected chi connectivity index (χ4v) is 1.80. The molecular formula is C15H22F3NO2. The standard InChI is InChI=1S/C15H22F3NO2/c1-3-4-5-10-19-11-12(2)20-13-6-8-14(9-7-13)21-15(16,17)18/h6-9,12,19H,3-5,10-11H2,1-2H3. The Kier molecular flexibility index (Phi) is 7.36. The summed E-state index contributed by atoms with van der Waals surface area (Å²) in [5, 5.41) is 3.28. The molecular weight excluding hydrogens is 283 g/mol. The number of ether oxygens (including phenoxy) is 2. The Morgan fingerprint density at radius 2 is 1.71 bits per heavy atom. The van der Waals surface area contributed by atoms with Gasteiger partial charge < -0.3 is 14.8 Å². The van der Waals surface area contributed by atoms with Crippen LogP contribution >= 0.6 is 0 Å². The Morgan fingerprint density at radius 1 is 1.10 bits per heavy atom. The molecule has 1 N–H and O–H groups in total. The second-order valence-electron chi connectivity index (χ2n) is 4.86. The lowest BCUT2D eigenvalue weighted by atomic mass is 10.2. The molecule has 0 aliphatic rings. The zero-order chi connectivity index (χ0) is 15.7. The SMILES string of the molecule is CCCCCNCC(C)Oc1ccc(OC(F)(F)F)cc1. The predicted octanol–water partition coefficient (Wildman–Crippen LogP) is 4.13. The topological polar surface area (TPSA) is 30.5 Å². The average Bonchev–Trinajstić information content (AvgIpc) is 2.39. The number of unbranched alkanes of at least 4 members (excludes halogenated alkanes) is 2. The summed E-state index contributed by atoms with van der Waals surface area (Å²) in [6.45, 7) is 5.70. The molecule has 3 nitrogen and oxygen atoms in total. The molecule has 120 valence electrons. The van der Waals surface area contributed by atoms with Gasteiger partial charge in [-0.2, -0.15) is 0 Å². The van der Waals surface area contributed by atoms with Gasteiger partial charge in [-0.1, -0.05) is 19.8 Å². The van der Waals surface area contributed by atoms with Gasteiger partial charge in [0.2, 0.25) is 0 Å². The van der Waals surface area contributed by atoms with Gasteiger partial charge in [0.05, 0.1) is 0 Å². The van der Waals surface area contributed by atoms with Crippen LogP contribution in [0.15, 0.2) is 24.3 Å². The molecule has 0 saturated carbocycles. The molecule has 1 aromatic rings. The lowest BCUT2D eigenvalue weighted by Gasteiger charge is -2.16. The third kappa shape index (κ3) is 8.45. The van der Waals surface area contributed by atoms with E-state index < -0.39 is 6.36 Å². The quantitative estimate of drug-likeness (QED) is 0.696. The molecule has 1 unspecified atom stereocenters. The zero-order valence-electron chi connectivity index (χ0n) is 12.4. The summed E-state index contributed by atoms with van der Waals surface area (Å²) in [5.41, 5.74) is 0. The molecule has 0 radical (unpaired) electrons. The van der Waals surface area contributed by atoms with Gasteiger partial charge in [-0.15, -0.1) is 13.2 Å². The van der Waals surface area contributed by atoms with Crippen LogP contribution in [-0.4, -0.2) is 25.6 Å². The van der Waals surface area contributed by atoms with Crippen LogP contribution in [0.5, 0.6) is 11.5 Å². The highest BCUT2D eigenvalue weighted by Crippen LogP contribution is 2.24. The van der Waals surface area contributed by atoms with Crippen LogP contribution in [-0.2, 0) is 0 Å². The van der Waals surface area contributed by atoms with Gasteiger partial charge in [0.15, 0.2) is 0 Å². The second-order valence-corrected chi connectivity index (χ2v) is 4.86. The summed E-state index contributed by atoms with van der Waals surface area (Å²) in [6, 6.07) is 5.41. The van der Waals surface area contributed by atoms with E-state index in [4.69, 9.17) is 4.74 Å². The molecule has 1 aromatic carbocycles. The number of nitrogens with one attached hydrogen (secondary N) is 1. The summed E-state index contributed by atoms with van der Waals surface area (Å²) in [5.74, 6) is 0.271. The van der Waals surface area contributed by atoms with Crippen molar-refractivity contribution in [1.29, 1.82) is 0 Å². The first-order valence-electron chi connectivity index (χ1n) is 7.14. The van der Waals surface area contributed by atoms with Gasteiger partial charge in [0.25, 0.3) is 0 Å². The Morgan fingerprint density at radius 3 is 2.29 bits per heavy atom. The summed E-state index contributed by atoms with van der Waals surface area (Å²) in [7, 11) is 0. The van der Waals surface area contributed by atoms with Gasteiger partial charge in [-0.05, 0) is 44.2 Å². The third-order valence-electron chi connectivity index (χ3n) is 2.78. The van der Waals surface area contributed by atoms with Crippen molar-refractivity contribution in [3.63, 3.8) is 0 Å². The lowest BCUT2D eigenvalue weighted by Crippen LogP contribution is -2.29. The van der Waals surface area contributed by atoms with E-state index in [9.17, 15) is 13.2 Å². The molecule has 0 heterocycles. The zero-order valence-corrected chi connectivity index (χ0v) is 12.4. The van der Waals surface area contributed by atoms with Crippen LogP contribution < -0.4 is 14.8 Å². The van der Waals surface area contributed by atoms with Crippen LogP contribution in [0.1, 0.15) is 33.1 Å². The number of benzene rings is 1. The third-order valence-corrected chi connectivity index (χ3v) is 2.78. The molecule has 0 aliphatic carbocycles. The van der Waals surface area contributed by atoms with Crippen LogP contribution in [0.3, 0.4) is 0 Å². The maximum Gasteiger partial charge on any atom is 0.573 e. The predicted molar refractivity (Wildman–Crippen MR) is 75.6 cm³/mol. The highest BCUT2D eigenvalue weighted by atomic mass is 19.4. The van der Waals surface area contributed by atoms with E-state index >= 15 is 0 Å². The number of hydrogen-bond acceptors (Lipinski definition) is 3. The molecule has 0 bridgehead atoms. The first kappa shape index (κ1) is 17.6. The molecule has 6 heteroatoms. The molecule has 0 aromatic heterocycles. The average molecular weight is 305 g/mol. The molecule has 0 amide bonds. The van der Waals surface area contributed by atoms with Crippen LogP contribution in [0.2, 0.25) is 0 Å². The number of hydrogen-bond donors (Lipinski definition) is 1. The van der Waals surface area contributed by atoms with Crippen LogP contribution in [0.25, 0.3) is 0 Å². The Balaban J connectivity index is 2.31. The minimum atomic E-state index is -4.67. The fraction of sp³-hybridized carbons (Fsp3) is 0.600. The maximum absolute atomic E-state index is 12.0. The van der Waals surface area contributed by atoms with E-state index in [2.05, 4.69) is 17.0 Å². The van der Waals surface area contributed by atoms with E-state index in [0.29, 0.717) is 12.3 Å². The largest absolute Gasteiger partial charge is 0.573 e. The first-order chi connectivity index (χ1) is 9.90. The Bertz CT molecular complexity index is 393. The molecule has 0 spiro atoms. The summed E-state index contributed by atoms with van der Waals surface area (Å²) in [6.07, 6.45) is -1.21. The van der Waals surface area contributed by atoms with Crippen LogP contribution in [0, 0.1) is 0 Å². The smallest absolute Gasteiger partial charge is 0.489 e. The number of alkyl halides is 3. The van der Waals surface area contributed by atoms with Gasteiger partial charge >= 0.3 is 6.36 Å². The van der Waals surface area contributed by atoms with E-state index in [0.717, 1.165) is 13.0 Å². The fourth-order valence-electron chi connectivity index (χ4n) is 1.80.